The number of carbonyl (C=O) groups is 2. The summed E-state index contributed by atoms with van der Waals surface area (Å²) in [7, 11) is 0. The molecule has 2 amide bonds. The molecule has 3 N–H and O–H groups in total. The third kappa shape index (κ3) is 8.62. The lowest BCUT2D eigenvalue weighted by Gasteiger charge is -2.35. The summed E-state index contributed by atoms with van der Waals surface area (Å²) in [6.07, 6.45) is 2.33. The molecule has 1 fully saturated rings. The molecule has 2 atom stereocenters. The number of nitrogens with one attached hydrogen (secondary N) is 2. The molecule has 0 aromatic rings. The molecule has 1 aliphatic carbocycles. The van der Waals surface area contributed by atoms with E-state index in [1.54, 1.807) is 20.8 Å². The number of halogens is 1. The van der Waals surface area contributed by atoms with Gasteiger partial charge >= 0.3 is 12.2 Å². The van der Waals surface area contributed by atoms with Crippen LogP contribution in [0.25, 0.3) is 0 Å². The molecule has 2 unspecified atom stereocenters. The predicted octanol–water partition coefficient (Wildman–Crippen LogP) is 3.60. The van der Waals surface area contributed by atoms with Crippen LogP contribution in [0.3, 0.4) is 0 Å². The monoisotopic (exact) mass is 332 g/mol. The minimum Gasteiger partial charge on any atom is -0.465 e. The molecule has 0 aliphatic heterocycles. The molecule has 0 aromatic heterocycles. The molecule has 1 rings (SSSR count). The Labute approximate surface area is 137 Å². The van der Waals surface area contributed by atoms with Crippen LogP contribution in [0.15, 0.2) is 0 Å². The number of hydrogen-bond donors (Lipinski definition) is 3. The summed E-state index contributed by atoms with van der Waals surface area (Å²) in [5.74, 6) is 0. The standard InChI is InChI=1S/C16H29FN2O4/c1-15(2,3)23-14(22)19-12-7-6-9-16(17,11-12)8-4-5-10-18-13(20)21/h12,18H,4-11H2,1-3H3,(H,19,22)(H,20,21). The number of amides is 2. The summed E-state index contributed by atoms with van der Waals surface area (Å²) in [4.78, 5) is 22.1. The van der Waals surface area contributed by atoms with Crippen molar-refractivity contribution in [1.29, 1.82) is 0 Å². The minimum absolute atomic E-state index is 0.208. The van der Waals surface area contributed by atoms with E-state index in [-0.39, 0.29) is 6.04 Å². The summed E-state index contributed by atoms with van der Waals surface area (Å²) in [6, 6.07) is -0.208. The third-order valence-electron chi connectivity index (χ3n) is 3.84. The van der Waals surface area contributed by atoms with Crippen LogP contribution in [0.2, 0.25) is 0 Å². The van der Waals surface area contributed by atoms with Crippen molar-refractivity contribution in [2.45, 2.75) is 83.0 Å². The van der Waals surface area contributed by atoms with E-state index in [1.165, 1.54) is 0 Å². The molecular weight excluding hydrogens is 303 g/mol. The normalized spacial score (nSPS) is 24.8. The lowest BCUT2D eigenvalue weighted by molar-refractivity contribution is 0.0393. The third-order valence-corrected chi connectivity index (χ3v) is 3.84. The number of alkyl carbamates (subject to hydrolysis) is 1. The number of rotatable bonds is 6. The van der Waals surface area contributed by atoms with Gasteiger partial charge in [-0.05, 0) is 59.3 Å². The highest BCUT2D eigenvalue weighted by Crippen LogP contribution is 2.36. The van der Waals surface area contributed by atoms with E-state index in [0.717, 1.165) is 12.8 Å². The fourth-order valence-electron chi connectivity index (χ4n) is 2.90. The van der Waals surface area contributed by atoms with Gasteiger partial charge in [0.15, 0.2) is 0 Å². The molecule has 0 aromatic carbocycles. The van der Waals surface area contributed by atoms with E-state index in [9.17, 15) is 14.0 Å². The SMILES string of the molecule is CC(C)(C)OC(=O)NC1CCCC(F)(CCCCNC(=O)O)C1. The Kier molecular flexibility index (Phi) is 7.09. The van der Waals surface area contributed by atoms with Crippen molar-refractivity contribution in [2.75, 3.05) is 6.54 Å². The average Bonchev–Trinajstić information content (AvgIpc) is 2.35. The number of carboxylic acid groups (broad SMARTS) is 1. The lowest BCUT2D eigenvalue weighted by Crippen LogP contribution is -2.45. The Balaban J connectivity index is 2.34. The van der Waals surface area contributed by atoms with Crippen LogP contribution in [-0.4, -0.2) is 41.1 Å². The van der Waals surface area contributed by atoms with E-state index in [4.69, 9.17) is 9.84 Å². The Morgan fingerprint density at radius 2 is 2.04 bits per heavy atom. The molecule has 0 heterocycles. The average molecular weight is 332 g/mol. The number of carbonyl (C=O) groups excluding carboxylic acids is 1. The highest BCUT2D eigenvalue weighted by molar-refractivity contribution is 5.68. The quantitative estimate of drug-likeness (QED) is 0.649. The first-order valence-electron chi connectivity index (χ1n) is 8.25. The summed E-state index contributed by atoms with van der Waals surface area (Å²) >= 11 is 0. The highest BCUT2D eigenvalue weighted by atomic mass is 19.1. The second-order valence-electron chi connectivity index (χ2n) is 7.28. The highest BCUT2D eigenvalue weighted by Gasteiger charge is 2.36. The van der Waals surface area contributed by atoms with E-state index >= 15 is 0 Å². The van der Waals surface area contributed by atoms with Gasteiger partial charge in [-0.2, -0.15) is 0 Å². The van der Waals surface area contributed by atoms with Crippen LogP contribution in [-0.2, 0) is 4.74 Å². The predicted molar refractivity (Wildman–Crippen MR) is 85.3 cm³/mol. The molecule has 0 radical (unpaired) electrons. The van der Waals surface area contributed by atoms with Crippen molar-refractivity contribution in [3.8, 4) is 0 Å². The van der Waals surface area contributed by atoms with E-state index in [2.05, 4.69) is 10.6 Å². The molecule has 0 spiro atoms. The van der Waals surface area contributed by atoms with E-state index in [1.807, 2.05) is 0 Å². The zero-order valence-corrected chi connectivity index (χ0v) is 14.3. The molecule has 7 heteroatoms. The lowest BCUT2D eigenvalue weighted by atomic mass is 9.80. The first kappa shape index (κ1) is 19.5. The van der Waals surface area contributed by atoms with Gasteiger partial charge in [0.25, 0.3) is 0 Å². The van der Waals surface area contributed by atoms with Gasteiger partial charge in [0.05, 0.1) is 0 Å². The van der Waals surface area contributed by atoms with Gasteiger partial charge in [0.2, 0.25) is 0 Å². The van der Waals surface area contributed by atoms with E-state index in [0.29, 0.717) is 38.6 Å². The Bertz CT molecular complexity index is 411. The van der Waals surface area contributed by atoms with Crippen molar-refractivity contribution in [3.63, 3.8) is 0 Å². The van der Waals surface area contributed by atoms with Gasteiger partial charge in [-0.25, -0.2) is 14.0 Å². The summed E-state index contributed by atoms with van der Waals surface area (Å²) < 4.78 is 20.1. The number of alkyl halides is 1. The first-order chi connectivity index (χ1) is 10.6. The maximum Gasteiger partial charge on any atom is 0.407 e. The van der Waals surface area contributed by atoms with Crippen LogP contribution in [0.4, 0.5) is 14.0 Å². The van der Waals surface area contributed by atoms with Gasteiger partial charge in [-0.15, -0.1) is 0 Å². The Morgan fingerprint density at radius 1 is 1.35 bits per heavy atom. The molecule has 134 valence electrons. The van der Waals surface area contributed by atoms with Crippen molar-refractivity contribution < 1.29 is 23.8 Å². The minimum atomic E-state index is -1.29. The van der Waals surface area contributed by atoms with Crippen LogP contribution in [0, 0.1) is 0 Å². The van der Waals surface area contributed by atoms with Gasteiger partial charge < -0.3 is 20.5 Å². The number of ether oxygens (including phenoxy) is 1. The zero-order chi connectivity index (χ0) is 17.5. The first-order valence-corrected chi connectivity index (χ1v) is 8.25. The molecular formula is C16H29FN2O4. The molecule has 1 saturated carbocycles. The number of hydrogen-bond acceptors (Lipinski definition) is 3. The van der Waals surface area contributed by atoms with Crippen LogP contribution < -0.4 is 10.6 Å². The smallest absolute Gasteiger partial charge is 0.407 e. The fourth-order valence-corrected chi connectivity index (χ4v) is 2.90. The van der Waals surface area contributed by atoms with Crippen LogP contribution in [0.1, 0.15) is 65.7 Å². The van der Waals surface area contributed by atoms with Gasteiger partial charge in [-0.1, -0.05) is 0 Å². The second-order valence-corrected chi connectivity index (χ2v) is 7.28. The zero-order valence-electron chi connectivity index (χ0n) is 14.3. The molecule has 23 heavy (non-hydrogen) atoms. The van der Waals surface area contributed by atoms with Crippen molar-refractivity contribution in [2.24, 2.45) is 0 Å². The fraction of sp³-hybridized carbons (Fsp3) is 0.875. The summed E-state index contributed by atoms with van der Waals surface area (Å²) in [5, 5.41) is 13.5. The summed E-state index contributed by atoms with van der Waals surface area (Å²) in [5.41, 5.74) is -1.86. The van der Waals surface area contributed by atoms with Crippen molar-refractivity contribution in [1.82, 2.24) is 10.6 Å². The van der Waals surface area contributed by atoms with Crippen molar-refractivity contribution in [3.05, 3.63) is 0 Å². The van der Waals surface area contributed by atoms with E-state index < -0.39 is 23.5 Å². The molecule has 6 nitrogen and oxygen atoms in total. The van der Waals surface area contributed by atoms with Crippen molar-refractivity contribution >= 4 is 12.2 Å². The maximum absolute atomic E-state index is 14.9. The molecule has 1 aliphatic rings. The number of unbranched alkanes of at least 4 members (excludes halogenated alkanes) is 1. The van der Waals surface area contributed by atoms with Gasteiger partial charge in [0, 0.05) is 19.0 Å². The van der Waals surface area contributed by atoms with Gasteiger partial charge in [-0.3, -0.25) is 0 Å². The van der Waals surface area contributed by atoms with Crippen LogP contribution in [0.5, 0.6) is 0 Å². The molecule has 0 bridgehead atoms. The largest absolute Gasteiger partial charge is 0.465 e. The Morgan fingerprint density at radius 3 is 2.65 bits per heavy atom. The van der Waals surface area contributed by atoms with Gasteiger partial charge in [0.1, 0.15) is 11.3 Å². The summed E-state index contributed by atoms with van der Waals surface area (Å²) in [6.45, 7) is 5.71. The van der Waals surface area contributed by atoms with Crippen LogP contribution >= 0.6 is 0 Å². The maximum atomic E-state index is 14.9. The Hall–Kier alpha value is -1.53. The molecule has 0 saturated heterocycles. The second kappa shape index (κ2) is 8.36. The topological polar surface area (TPSA) is 87.7 Å².